The van der Waals surface area contributed by atoms with Gasteiger partial charge in [-0.25, -0.2) is 0 Å². The first kappa shape index (κ1) is 18.6. The molecular formula is C19H23BrINO. The third-order valence-electron chi connectivity index (χ3n) is 4.02. The summed E-state index contributed by atoms with van der Waals surface area (Å²) in [6, 6.07) is 6.62. The van der Waals surface area contributed by atoms with Gasteiger partial charge in [-0.05, 0) is 71.9 Å². The topological polar surface area (TPSA) is 12.5 Å². The molecule has 0 N–H and O–H groups in total. The maximum atomic E-state index is 6.08. The van der Waals surface area contributed by atoms with Gasteiger partial charge >= 0.3 is 0 Å². The molecule has 1 heterocycles. The average molecular weight is 488 g/mol. The summed E-state index contributed by atoms with van der Waals surface area (Å²) in [6.45, 7) is 6.68. The lowest BCUT2D eigenvalue weighted by Crippen LogP contribution is -2.24. The number of allylic oxidation sites excluding steroid dienone is 4. The zero-order valence-electron chi connectivity index (χ0n) is 13.6. The highest BCUT2D eigenvalue weighted by Crippen LogP contribution is 2.42. The number of halogens is 2. The summed E-state index contributed by atoms with van der Waals surface area (Å²) in [7, 11) is 0. The molecule has 1 unspecified atom stereocenters. The Kier molecular flexibility index (Phi) is 6.77. The van der Waals surface area contributed by atoms with Gasteiger partial charge < -0.3 is 9.64 Å². The highest BCUT2D eigenvalue weighted by Gasteiger charge is 2.28. The zero-order valence-corrected chi connectivity index (χ0v) is 17.5. The zero-order chi connectivity index (χ0) is 15.5. The lowest BCUT2D eigenvalue weighted by atomic mass is 10.0. The number of fused-ring (bicyclic) bond motifs is 3. The predicted molar refractivity (Wildman–Crippen MR) is 113 cm³/mol. The fourth-order valence-electron chi connectivity index (χ4n) is 3.05. The van der Waals surface area contributed by atoms with Gasteiger partial charge in [-0.1, -0.05) is 19.9 Å². The Morgan fingerprint density at radius 1 is 1.17 bits per heavy atom. The molecule has 0 fully saturated rings. The van der Waals surface area contributed by atoms with Crippen LogP contribution < -0.4 is 9.64 Å². The Morgan fingerprint density at radius 2 is 1.91 bits per heavy atom. The Labute approximate surface area is 163 Å². The van der Waals surface area contributed by atoms with Gasteiger partial charge in [-0.15, -0.1) is 17.0 Å². The van der Waals surface area contributed by atoms with Crippen LogP contribution in [0.4, 0.5) is 5.69 Å². The van der Waals surface area contributed by atoms with Crippen molar-refractivity contribution in [2.24, 2.45) is 0 Å². The molecule has 0 saturated heterocycles. The molecule has 3 rings (SSSR count). The van der Waals surface area contributed by atoms with E-state index in [1.165, 1.54) is 33.2 Å². The molecule has 0 bridgehead atoms. The largest absolute Gasteiger partial charge is 0.481 e. The molecule has 0 amide bonds. The minimum Gasteiger partial charge on any atom is -0.481 e. The van der Waals surface area contributed by atoms with E-state index in [1.807, 2.05) is 0 Å². The molecule has 1 aliphatic carbocycles. The van der Waals surface area contributed by atoms with Crippen molar-refractivity contribution in [2.75, 3.05) is 18.0 Å². The lowest BCUT2D eigenvalue weighted by molar-refractivity contribution is 0.323. The third kappa shape index (κ3) is 4.02. The molecule has 124 valence electrons. The maximum absolute atomic E-state index is 6.08. The van der Waals surface area contributed by atoms with Crippen LogP contribution in [0.1, 0.15) is 32.3 Å². The Morgan fingerprint density at radius 3 is 2.61 bits per heavy atom. The summed E-state index contributed by atoms with van der Waals surface area (Å²) < 4.78 is 7.33. The van der Waals surface area contributed by atoms with Crippen LogP contribution in [0.3, 0.4) is 0 Å². The van der Waals surface area contributed by atoms with Crippen LogP contribution in [-0.4, -0.2) is 19.2 Å². The SMILES string of the molecule is Br.CCCN(CCC)c1ccc2c(c1)C1=CC(I)=CC=CC1O2. The van der Waals surface area contributed by atoms with Crippen molar-refractivity contribution >= 4 is 50.8 Å². The number of anilines is 1. The summed E-state index contributed by atoms with van der Waals surface area (Å²) in [5.41, 5.74) is 3.83. The van der Waals surface area contributed by atoms with Gasteiger partial charge in [0.25, 0.3) is 0 Å². The molecule has 1 aliphatic heterocycles. The quantitative estimate of drug-likeness (QED) is 0.477. The minimum absolute atomic E-state index is 0. The van der Waals surface area contributed by atoms with Gasteiger partial charge in [-0.2, -0.15) is 0 Å². The second kappa shape index (κ2) is 8.38. The van der Waals surface area contributed by atoms with E-state index >= 15 is 0 Å². The highest BCUT2D eigenvalue weighted by molar-refractivity contribution is 14.1. The van der Waals surface area contributed by atoms with Gasteiger partial charge in [0.15, 0.2) is 0 Å². The van der Waals surface area contributed by atoms with Crippen LogP contribution in [0.2, 0.25) is 0 Å². The standard InChI is InChI=1S/C19H22INO.BrH/c1-3-10-21(11-4-2)15-8-9-19-17(13-15)16-12-14(20)6-5-7-18(16)22-19;/h5-9,12-13,18H,3-4,10-11H2,1-2H3;1H. The Balaban J connectivity index is 0.00000192. The van der Waals surface area contributed by atoms with E-state index < -0.39 is 0 Å². The van der Waals surface area contributed by atoms with Crippen molar-refractivity contribution in [3.05, 3.63) is 51.6 Å². The molecule has 0 saturated carbocycles. The number of ether oxygens (including phenoxy) is 1. The fraction of sp³-hybridized carbons (Fsp3) is 0.368. The summed E-state index contributed by atoms with van der Waals surface area (Å²) in [5.74, 6) is 1.00. The van der Waals surface area contributed by atoms with Gasteiger partial charge in [0, 0.05) is 33.5 Å². The first-order valence-electron chi connectivity index (χ1n) is 8.04. The molecule has 0 spiro atoms. The van der Waals surface area contributed by atoms with Crippen molar-refractivity contribution < 1.29 is 4.74 Å². The number of hydrogen-bond acceptors (Lipinski definition) is 2. The maximum Gasteiger partial charge on any atom is 0.143 e. The molecule has 0 aromatic heterocycles. The minimum atomic E-state index is 0. The molecule has 1 atom stereocenters. The van der Waals surface area contributed by atoms with E-state index in [0.29, 0.717) is 0 Å². The van der Waals surface area contributed by atoms with Gasteiger partial charge in [-0.3, -0.25) is 0 Å². The van der Waals surface area contributed by atoms with Crippen molar-refractivity contribution in [2.45, 2.75) is 32.8 Å². The second-order valence-corrected chi connectivity index (χ2v) is 6.99. The first-order valence-corrected chi connectivity index (χ1v) is 9.12. The van der Waals surface area contributed by atoms with Crippen LogP contribution >= 0.6 is 39.6 Å². The second-order valence-electron chi connectivity index (χ2n) is 5.74. The number of nitrogens with zero attached hydrogens (tertiary/aromatic N) is 1. The molecule has 0 radical (unpaired) electrons. The predicted octanol–water partition coefficient (Wildman–Crippen LogP) is 5.92. The summed E-state index contributed by atoms with van der Waals surface area (Å²) in [4.78, 5) is 2.47. The van der Waals surface area contributed by atoms with Crippen molar-refractivity contribution in [1.29, 1.82) is 0 Å². The van der Waals surface area contributed by atoms with Crippen molar-refractivity contribution in [1.82, 2.24) is 0 Å². The fourth-order valence-corrected chi connectivity index (χ4v) is 3.60. The van der Waals surface area contributed by atoms with Crippen LogP contribution in [-0.2, 0) is 0 Å². The first-order chi connectivity index (χ1) is 10.7. The average Bonchev–Trinajstić information content (AvgIpc) is 2.73. The summed E-state index contributed by atoms with van der Waals surface area (Å²) >= 11 is 2.37. The summed E-state index contributed by atoms with van der Waals surface area (Å²) in [6.07, 6.45) is 11.0. The van der Waals surface area contributed by atoms with Crippen LogP contribution in [0.5, 0.6) is 5.75 Å². The molecule has 4 heteroatoms. The molecule has 2 aliphatic rings. The van der Waals surface area contributed by atoms with Gasteiger partial charge in [0.05, 0.1) is 0 Å². The lowest BCUT2D eigenvalue weighted by Gasteiger charge is -2.24. The van der Waals surface area contributed by atoms with Crippen molar-refractivity contribution in [3.8, 4) is 5.75 Å². The third-order valence-corrected chi connectivity index (χ3v) is 4.69. The highest BCUT2D eigenvalue weighted by atomic mass is 127. The molecule has 2 nitrogen and oxygen atoms in total. The molecular weight excluding hydrogens is 465 g/mol. The summed E-state index contributed by atoms with van der Waals surface area (Å²) in [5, 5.41) is 0. The smallest absolute Gasteiger partial charge is 0.143 e. The number of hydrogen-bond donors (Lipinski definition) is 0. The Bertz CT molecular complexity index is 645. The monoisotopic (exact) mass is 487 g/mol. The molecule has 1 aromatic carbocycles. The van der Waals surface area contributed by atoms with E-state index in [2.05, 4.69) is 83.8 Å². The normalized spacial score (nSPS) is 18.0. The van der Waals surface area contributed by atoms with E-state index in [0.717, 1.165) is 18.8 Å². The van der Waals surface area contributed by atoms with Crippen LogP contribution in [0.25, 0.3) is 5.57 Å². The Hall–Kier alpha value is -0.750. The number of rotatable bonds is 5. The van der Waals surface area contributed by atoms with E-state index in [1.54, 1.807) is 0 Å². The van der Waals surface area contributed by atoms with E-state index in [-0.39, 0.29) is 23.1 Å². The van der Waals surface area contributed by atoms with Crippen LogP contribution in [0.15, 0.2) is 46.1 Å². The van der Waals surface area contributed by atoms with Crippen LogP contribution in [0, 0.1) is 0 Å². The van der Waals surface area contributed by atoms with E-state index in [9.17, 15) is 0 Å². The van der Waals surface area contributed by atoms with E-state index in [4.69, 9.17) is 4.74 Å². The van der Waals surface area contributed by atoms with Crippen molar-refractivity contribution in [3.63, 3.8) is 0 Å². The number of benzene rings is 1. The van der Waals surface area contributed by atoms with Gasteiger partial charge in [0.1, 0.15) is 11.9 Å². The molecule has 1 aromatic rings. The van der Waals surface area contributed by atoms with Gasteiger partial charge in [0.2, 0.25) is 0 Å². The molecule has 23 heavy (non-hydrogen) atoms.